The van der Waals surface area contributed by atoms with E-state index in [1.807, 2.05) is 58.8 Å². The van der Waals surface area contributed by atoms with Crippen molar-refractivity contribution in [2.45, 2.75) is 80.8 Å². The molecule has 4 radical (unpaired) electrons. The molecule has 0 nitrogen and oxygen atoms in total. The molecule has 0 aromatic heterocycles. The quantitative estimate of drug-likeness (QED) is 0.129. The molecule has 17 heteroatoms. The Morgan fingerprint density at radius 2 is 1.19 bits per heavy atom. The average molecular weight is 1060 g/mol. The van der Waals surface area contributed by atoms with Crippen LogP contribution < -0.4 is 0 Å². The Morgan fingerprint density at radius 3 is 1.71 bits per heavy atom. The summed E-state index contributed by atoms with van der Waals surface area (Å²) in [5, 5.41) is 5.45. The maximum atomic E-state index is 5.19. The van der Waals surface area contributed by atoms with Crippen molar-refractivity contribution in [1.82, 2.24) is 0 Å². The van der Waals surface area contributed by atoms with E-state index in [2.05, 4.69) is 115 Å². The van der Waals surface area contributed by atoms with E-state index in [4.69, 9.17) is 24.4 Å². The van der Waals surface area contributed by atoms with Crippen molar-refractivity contribution in [3.8, 4) is 0 Å². The van der Waals surface area contributed by atoms with E-state index in [0.717, 1.165) is 36.1 Å². The van der Waals surface area contributed by atoms with Crippen LogP contribution in [0.1, 0.15) is 20.8 Å². The fourth-order valence-electron chi connectivity index (χ4n) is 4.35. The van der Waals surface area contributed by atoms with Crippen LogP contribution in [-0.4, -0.2) is 132 Å². The van der Waals surface area contributed by atoms with Gasteiger partial charge in [0.25, 0.3) is 0 Å². The zero-order chi connectivity index (χ0) is 29.6. The summed E-state index contributed by atoms with van der Waals surface area (Å²) >= 11 is 37.9. The van der Waals surface area contributed by atoms with Crippen LogP contribution in [-0.2, 0) is 0 Å². The van der Waals surface area contributed by atoms with Crippen molar-refractivity contribution < 1.29 is 0 Å². The number of hydrogen-bond donors (Lipinski definition) is 0. The van der Waals surface area contributed by atoms with Gasteiger partial charge in [0.1, 0.15) is 0 Å². The van der Waals surface area contributed by atoms with Gasteiger partial charge in [-0.2, -0.15) is 11.8 Å². The third kappa shape index (κ3) is 13.7. The van der Waals surface area contributed by atoms with Gasteiger partial charge in [-0.25, -0.2) is 0 Å². The standard InChI is InChI=1S/2C7H11S4.2C4H5S3.C3H6S.2Sn/c1-5-3-9-7(10-5)4-8-6(2)11-7;1-5-3-8-7(10-5)9-4-6(2)11-7;2*1-3-2-6-4(5)7-3;1-3-2-4-3;;/h5-6H,2-4H2,1H3;5-6H,1,3-4H2,2H3;2*3H,1-2H2;3H,2H2,1H3;;. The topological polar surface area (TPSA) is 0 Å². The van der Waals surface area contributed by atoms with Gasteiger partial charge >= 0.3 is 318 Å². The Morgan fingerprint density at radius 1 is 0.619 bits per heavy atom. The maximum absolute atomic E-state index is 5.19. The molecule has 9 atom stereocenters. The molecule has 0 bridgehead atoms. The van der Waals surface area contributed by atoms with Crippen LogP contribution in [0, 0.1) is 0 Å². The number of thiocarbonyl (C=S) groups is 2. The van der Waals surface area contributed by atoms with Gasteiger partial charge < -0.3 is 0 Å². The fraction of sp³-hybridized carbons (Fsp3) is 0.920. The van der Waals surface area contributed by atoms with Crippen LogP contribution >= 0.6 is 177 Å². The summed E-state index contributed by atoms with van der Waals surface area (Å²) in [6.07, 6.45) is 0. The molecular formula is C25H38S15Sn2. The molecular weight excluding hydrogens is 1020 g/mol. The SMILES string of the molecule is CC1CS1.CC1CSC2(CSC([CH2][Sn][CH2]C3CSC4(SCC(C)S4)S3)S2)S1.S=C1SCC([CH2][Sn][CH2]C2CSC(=S)S2)S1. The minimum absolute atomic E-state index is 0.153. The van der Waals surface area contributed by atoms with Crippen molar-refractivity contribution in [2.24, 2.45) is 0 Å². The van der Waals surface area contributed by atoms with Gasteiger partial charge in [0.05, 0.1) is 0 Å². The summed E-state index contributed by atoms with van der Waals surface area (Å²) in [6, 6.07) is 0. The molecule has 0 aromatic rings. The van der Waals surface area contributed by atoms with Crippen LogP contribution in [0.4, 0.5) is 0 Å². The summed E-state index contributed by atoms with van der Waals surface area (Å²) in [5.74, 6) is 9.50. The van der Waals surface area contributed by atoms with Gasteiger partial charge in [0, 0.05) is 11.0 Å². The minimum atomic E-state index is -0.167. The van der Waals surface area contributed by atoms with E-state index in [9.17, 15) is 0 Å². The van der Waals surface area contributed by atoms with Crippen LogP contribution in [0.3, 0.4) is 0 Å². The van der Waals surface area contributed by atoms with E-state index in [0.29, 0.717) is 6.15 Å². The van der Waals surface area contributed by atoms with E-state index in [1.165, 1.54) is 56.2 Å². The Labute approximate surface area is 341 Å². The molecule has 0 saturated carbocycles. The first-order chi connectivity index (χ1) is 20.2. The van der Waals surface area contributed by atoms with E-state index >= 15 is 0 Å². The van der Waals surface area contributed by atoms with E-state index in [1.54, 1.807) is 8.87 Å². The molecule has 42 heavy (non-hydrogen) atoms. The number of rotatable bonds is 8. The third-order valence-electron chi connectivity index (χ3n) is 6.50. The van der Waals surface area contributed by atoms with Crippen molar-refractivity contribution in [3.05, 3.63) is 0 Å². The first kappa shape index (κ1) is 39.5. The van der Waals surface area contributed by atoms with Gasteiger partial charge in [-0.05, 0) is 0 Å². The van der Waals surface area contributed by atoms with Crippen molar-refractivity contribution in [1.29, 1.82) is 0 Å². The van der Waals surface area contributed by atoms with Crippen molar-refractivity contribution in [3.63, 3.8) is 0 Å². The predicted molar refractivity (Wildman–Crippen MR) is 238 cm³/mol. The third-order valence-corrected chi connectivity index (χ3v) is 42.5. The Balaban J connectivity index is 0.000000158. The summed E-state index contributed by atoms with van der Waals surface area (Å²) in [7, 11) is 0. The molecule has 0 amide bonds. The zero-order valence-corrected chi connectivity index (χ0v) is 41.9. The predicted octanol–water partition coefficient (Wildman–Crippen LogP) is 11.1. The number of hydrogen-bond acceptors (Lipinski definition) is 15. The summed E-state index contributed by atoms with van der Waals surface area (Å²) in [5.41, 5.74) is 0. The zero-order valence-electron chi connectivity index (χ0n) is 23.9. The molecule has 0 aromatic carbocycles. The second kappa shape index (κ2) is 20.0. The van der Waals surface area contributed by atoms with Gasteiger partial charge in [-0.1, -0.05) is 6.92 Å². The van der Waals surface area contributed by atoms with Crippen LogP contribution in [0.5, 0.6) is 0 Å². The molecule has 7 heterocycles. The molecule has 2 spiro atoms. The van der Waals surface area contributed by atoms with Crippen molar-refractivity contribution >= 4 is 227 Å². The molecule has 7 rings (SSSR count). The fourth-order valence-corrected chi connectivity index (χ4v) is 42.0. The average Bonchev–Trinajstić information content (AvgIpc) is 3.56. The summed E-state index contributed by atoms with van der Waals surface area (Å²) in [6.45, 7) is 7.05. The Kier molecular flexibility index (Phi) is 18.8. The molecule has 0 N–H and O–H groups in total. The van der Waals surface area contributed by atoms with E-state index < -0.39 is 0 Å². The molecule has 0 aliphatic carbocycles. The van der Waals surface area contributed by atoms with E-state index in [-0.39, 0.29) is 42.3 Å². The van der Waals surface area contributed by atoms with Crippen LogP contribution in [0.2, 0.25) is 17.7 Å². The Hall–Kier alpha value is 6.33. The first-order valence-corrected chi connectivity index (χ1v) is 35.3. The second-order valence-electron chi connectivity index (χ2n) is 10.6. The molecule has 7 fully saturated rings. The van der Waals surface area contributed by atoms with Gasteiger partial charge in [0.2, 0.25) is 0 Å². The van der Waals surface area contributed by atoms with Crippen molar-refractivity contribution in [2.75, 3.05) is 40.3 Å². The first-order valence-electron chi connectivity index (χ1n) is 14.1. The van der Waals surface area contributed by atoms with Crippen LogP contribution in [0.25, 0.3) is 0 Å². The summed E-state index contributed by atoms with van der Waals surface area (Å²) < 4.78 is 10.5. The molecule has 7 saturated heterocycles. The monoisotopic (exact) mass is 1060 g/mol. The molecule has 7 aliphatic heterocycles. The second-order valence-corrected chi connectivity index (χ2v) is 40.7. The molecule has 7 aliphatic rings. The molecule has 9 unspecified atom stereocenters. The summed E-state index contributed by atoms with van der Waals surface area (Å²) in [4.78, 5) is 0. The van der Waals surface area contributed by atoms with Gasteiger partial charge in [-0.3, -0.25) is 0 Å². The van der Waals surface area contributed by atoms with Gasteiger partial charge in [-0.15, -0.1) is 0 Å². The molecule has 236 valence electrons. The normalized spacial score (nSPS) is 42.3. The number of thioether (sulfide) groups is 13. The Bertz CT molecular complexity index is 847. The van der Waals surface area contributed by atoms with Gasteiger partial charge in [0.15, 0.2) is 0 Å². The van der Waals surface area contributed by atoms with Crippen LogP contribution in [0.15, 0.2) is 0 Å².